The molecule has 1 aromatic carbocycles. The Morgan fingerprint density at radius 3 is 2.80 bits per heavy atom. The van der Waals surface area contributed by atoms with E-state index >= 15 is 0 Å². The van der Waals surface area contributed by atoms with Gasteiger partial charge in [0.15, 0.2) is 16.1 Å². The standard InChI is InChI=1S/C17H11ClFN5S/c1-25-17-23-15(18)12(9-20)16(24-17)22-11-5-2-4-10(8-11)14-13(19)6-3-7-21-14/h2-8H,1H3,(H,22,23,24). The molecule has 0 spiro atoms. The van der Waals surface area contributed by atoms with Crippen LogP contribution in [0.2, 0.25) is 5.15 Å². The van der Waals surface area contributed by atoms with Crippen molar-refractivity contribution in [2.24, 2.45) is 0 Å². The van der Waals surface area contributed by atoms with Crippen molar-refractivity contribution in [3.8, 4) is 17.3 Å². The van der Waals surface area contributed by atoms with Gasteiger partial charge in [-0.25, -0.2) is 14.4 Å². The third kappa shape index (κ3) is 3.71. The lowest BCUT2D eigenvalue weighted by atomic mass is 10.1. The summed E-state index contributed by atoms with van der Waals surface area (Å²) >= 11 is 7.35. The van der Waals surface area contributed by atoms with Gasteiger partial charge in [0, 0.05) is 17.4 Å². The molecule has 1 N–H and O–H groups in total. The van der Waals surface area contributed by atoms with Gasteiger partial charge in [-0.3, -0.25) is 4.98 Å². The number of nitriles is 1. The Bertz CT molecular complexity index is 973. The van der Waals surface area contributed by atoms with E-state index in [0.717, 1.165) is 0 Å². The fourth-order valence-electron chi connectivity index (χ4n) is 2.17. The van der Waals surface area contributed by atoms with Gasteiger partial charge < -0.3 is 5.32 Å². The first-order chi connectivity index (χ1) is 12.1. The molecule has 2 aromatic heterocycles. The Morgan fingerprint density at radius 1 is 1.24 bits per heavy atom. The zero-order valence-corrected chi connectivity index (χ0v) is 14.6. The average Bonchev–Trinajstić information content (AvgIpc) is 2.62. The predicted octanol–water partition coefficient (Wildman–Crippen LogP) is 4.67. The summed E-state index contributed by atoms with van der Waals surface area (Å²) < 4.78 is 13.9. The Kier molecular flexibility index (Phi) is 5.12. The van der Waals surface area contributed by atoms with Gasteiger partial charge in [0.05, 0.1) is 0 Å². The van der Waals surface area contributed by atoms with Crippen molar-refractivity contribution in [2.75, 3.05) is 11.6 Å². The van der Waals surface area contributed by atoms with Crippen LogP contribution >= 0.6 is 23.4 Å². The lowest BCUT2D eigenvalue weighted by molar-refractivity contribution is 0.626. The van der Waals surface area contributed by atoms with E-state index in [1.165, 1.54) is 30.1 Å². The van der Waals surface area contributed by atoms with Crippen LogP contribution in [0.4, 0.5) is 15.9 Å². The molecule has 5 nitrogen and oxygen atoms in total. The van der Waals surface area contributed by atoms with Crippen LogP contribution in [0.1, 0.15) is 5.56 Å². The van der Waals surface area contributed by atoms with Crippen molar-refractivity contribution >= 4 is 34.9 Å². The minimum Gasteiger partial charge on any atom is -0.339 e. The van der Waals surface area contributed by atoms with Gasteiger partial charge in [0.25, 0.3) is 0 Å². The van der Waals surface area contributed by atoms with E-state index in [1.807, 2.05) is 12.3 Å². The van der Waals surface area contributed by atoms with Crippen LogP contribution < -0.4 is 5.32 Å². The molecule has 0 aliphatic carbocycles. The number of anilines is 2. The number of aromatic nitrogens is 3. The summed E-state index contributed by atoms with van der Waals surface area (Å²) in [4.78, 5) is 12.4. The second kappa shape index (κ2) is 7.47. The summed E-state index contributed by atoms with van der Waals surface area (Å²) in [5, 5.41) is 12.9. The topological polar surface area (TPSA) is 74.5 Å². The van der Waals surface area contributed by atoms with Crippen LogP contribution in [0.15, 0.2) is 47.8 Å². The van der Waals surface area contributed by atoms with Crippen molar-refractivity contribution in [1.82, 2.24) is 15.0 Å². The summed E-state index contributed by atoms with van der Waals surface area (Å²) in [6.07, 6.45) is 3.34. The molecule has 0 saturated heterocycles. The number of benzene rings is 1. The van der Waals surface area contributed by atoms with Crippen LogP contribution in [-0.4, -0.2) is 21.2 Å². The van der Waals surface area contributed by atoms with Crippen molar-refractivity contribution in [1.29, 1.82) is 5.26 Å². The van der Waals surface area contributed by atoms with Crippen molar-refractivity contribution in [2.45, 2.75) is 5.16 Å². The number of halogens is 2. The first-order valence-electron chi connectivity index (χ1n) is 7.12. The van der Waals surface area contributed by atoms with Gasteiger partial charge in [0.2, 0.25) is 0 Å². The number of pyridine rings is 1. The summed E-state index contributed by atoms with van der Waals surface area (Å²) in [7, 11) is 0. The van der Waals surface area contributed by atoms with Crippen LogP contribution in [0.5, 0.6) is 0 Å². The molecule has 0 aliphatic heterocycles. The number of hydrogen-bond donors (Lipinski definition) is 1. The minimum atomic E-state index is -0.410. The first kappa shape index (κ1) is 17.1. The van der Waals surface area contributed by atoms with E-state index in [0.29, 0.717) is 22.2 Å². The Hall–Kier alpha value is -2.69. The molecular formula is C17H11ClFN5S. The fourth-order valence-corrected chi connectivity index (χ4v) is 2.80. The van der Waals surface area contributed by atoms with Gasteiger partial charge >= 0.3 is 0 Å². The highest BCUT2D eigenvalue weighted by atomic mass is 35.5. The summed E-state index contributed by atoms with van der Waals surface area (Å²) in [5.74, 6) is -0.113. The minimum absolute atomic E-state index is 0.0799. The first-order valence-corrected chi connectivity index (χ1v) is 8.72. The van der Waals surface area contributed by atoms with Gasteiger partial charge in [-0.1, -0.05) is 35.5 Å². The van der Waals surface area contributed by atoms with Crippen molar-refractivity contribution < 1.29 is 4.39 Å². The normalized spacial score (nSPS) is 10.3. The van der Waals surface area contributed by atoms with E-state index in [2.05, 4.69) is 20.3 Å². The van der Waals surface area contributed by atoms with Crippen LogP contribution in [0.3, 0.4) is 0 Å². The highest BCUT2D eigenvalue weighted by Gasteiger charge is 2.14. The van der Waals surface area contributed by atoms with Gasteiger partial charge in [-0.05, 0) is 30.5 Å². The highest BCUT2D eigenvalue weighted by Crippen LogP contribution is 2.28. The third-order valence-electron chi connectivity index (χ3n) is 3.30. The maximum atomic E-state index is 13.9. The van der Waals surface area contributed by atoms with E-state index in [9.17, 15) is 9.65 Å². The van der Waals surface area contributed by atoms with Crippen LogP contribution in [0.25, 0.3) is 11.3 Å². The van der Waals surface area contributed by atoms with Crippen LogP contribution in [0, 0.1) is 17.1 Å². The van der Waals surface area contributed by atoms with Crippen molar-refractivity contribution in [3.05, 3.63) is 59.1 Å². The molecule has 0 fully saturated rings. The lowest BCUT2D eigenvalue weighted by Crippen LogP contribution is -2.01. The molecule has 124 valence electrons. The third-order valence-corrected chi connectivity index (χ3v) is 4.12. The number of hydrogen-bond acceptors (Lipinski definition) is 6. The molecule has 0 atom stereocenters. The fraction of sp³-hybridized carbons (Fsp3) is 0.0588. The smallest absolute Gasteiger partial charge is 0.190 e. The second-order valence-electron chi connectivity index (χ2n) is 4.88. The number of rotatable bonds is 4. The number of thioether (sulfide) groups is 1. The average molecular weight is 372 g/mol. The molecule has 0 saturated carbocycles. The van der Waals surface area contributed by atoms with E-state index in [-0.39, 0.29) is 16.4 Å². The van der Waals surface area contributed by atoms with E-state index < -0.39 is 5.82 Å². The molecule has 2 heterocycles. The van der Waals surface area contributed by atoms with Gasteiger partial charge in [-0.2, -0.15) is 5.26 Å². The maximum absolute atomic E-state index is 13.9. The Morgan fingerprint density at radius 2 is 2.08 bits per heavy atom. The molecule has 3 rings (SSSR count). The molecular weight excluding hydrogens is 361 g/mol. The van der Waals surface area contributed by atoms with E-state index in [1.54, 1.807) is 24.3 Å². The molecule has 0 aliphatic rings. The zero-order chi connectivity index (χ0) is 17.8. The van der Waals surface area contributed by atoms with Crippen molar-refractivity contribution in [3.63, 3.8) is 0 Å². The SMILES string of the molecule is CSc1nc(Cl)c(C#N)c(Nc2cccc(-c3ncccc3F)c2)n1. The molecule has 25 heavy (non-hydrogen) atoms. The Labute approximate surface area is 152 Å². The largest absolute Gasteiger partial charge is 0.339 e. The lowest BCUT2D eigenvalue weighted by Gasteiger charge is -2.11. The van der Waals surface area contributed by atoms with E-state index in [4.69, 9.17) is 11.6 Å². The monoisotopic (exact) mass is 371 g/mol. The van der Waals surface area contributed by atoms with Gasteiger partial charge in [0.1, 0.15) is 23.1 Å². The second-order valence-corrected chi connectivity index (χ2v) is 6.01. The van der Waals surface area contributed by atoms with Gasteiger partial charge in [-0.15, -0.1) is 0 Å². The predicted molar refractivity (Wildman–Crippen MR) is 96.5 cm³/mol. The number of nitrogens with one attached hydrogen (secondary N) is 1. The molecule has 0 unspecified atom stereocenters. The molecule has 0 radical (unpaired) electrons. The summed E-state index contributed by atoms with van der Waals surface area (Å²) in [5.41, 5.74) is 1.62. The molecule has 0 bridgehead atoms. The molecule has 8 heteroatoms. The number of nitrogens with zero attached hydrogens (tertiary/aromatic N) is 4. The summed E-state index contributed by atoms with van der Waals surface area (Å²) in [6.45, 7) is 0. The summed E-state index contributed by atoms with van der Waals surface area (Å²) in [6, 6.07) is 11.9. The Balaban J connectivity index is 2.00. The maximum Gasteiger partial charge on any atom is 0.190 e. The zero-order valence-electron chi connectivity index (χ0n) is 13.0. The van der Waals surface area contributed by atoms with Crippen LogP contribution in [-0.2, 0) is 0 Å². The molecule has 3 aromatic rings. The highest BCUT2D eigenvalue weighted by molar-refractivity contribution is 7.98. The quantitative estimate of drug-likeness (QED) is 0.408. The molecule has 0 amide bonds.